The molecule has 0 aliphatic carbocycles. The van der Waals surface area contributed by atoms with Crippen LogP contribution in [0, 0.1) is 26.0 Å². The van der Waals surface area contributed by atoms with Crippen molar-refractivity contribution in [2.24, 2.45) is 0 Å². The van der Waals surface area contributed by atoms with Crippen LogP contribution in [0.15, 0.2) is 29.6 Å². The van der Waals surface area contributed by atoms with Crippen LogP contribution >= 0.6 is 11.3 Å². The smallest absolute Gasteiger partial charge is 0.00424 e. The molecule has 0 aliphatic rings. The summed E-state index contributed by atoms with van der Waals surface area (Å²) < 4.78 is 0. The molecule has 1 heterocycles. The van der Waals surface area contributed by atoms with Crippen LogP contribution < -0.4 is 0 Å². The summed E-state index contributed by atoms with van der Waals surface area (Å²) in [4.78, 5) is 1.47. The Kier molecular flexibility index (Phi) is 4.93. The monoisotopic (exact) mass is 216 g/mol. The standard InChI is InChI=1S/C8H8.C6H8S/c1-7-3-5-8(2)6-4-7;1-2-6-4-3-5-7-6/h3,5H,1-2H3;3-5H,2H2,1H3. The van der Waals surface area contributed by atoms with Gasteiger partial charge >= 0.3 is 0 Å². The number of rotatable bonds is 1. The van der Waals surface area contributed by atoms with Gasteiger partial charge in [0.05, 0.1) is 0 Å². The van der Waals surface area contributed by atoms with Crippen LogP contribution in [0.2, 0.25) is 0 Å². The molecule has 0 amide bonds. The lowest BCUT2D eigenvalue weighted by molar-refractivity contribution is 1.19. The number of thiophene rings is 1. The number of aryl methyl sites for hydroxylation is 3. The van der Waals surface area contributed by atoms with E-state index in [-0.39, 0.29) is 0 Å². The molecular weight excluding hydrogens is 200 g/mol. The molecule has 0 spiro atoms. The fourth-order valence-corrected chi connectivity index (χ4v) is 1.70. The zero-order valence-electron chi connectivity index (χ0n) is 9.50. The SMILES string of the molecule is CCc1cccs1.Cc1c#cc(C)cc1. The average molecular weight is 216 g/mol. The molecule has 0 saturated heterocycles. The van der Waals surface area contributed by atoms with Crippen molar-refractivity contribution in [2.45, 2.75) is 27.2 Å². The lowest BCUT2D eigenvalue weighted by Gasteiger charge is -1.82. The highest BCUT2D eigenvalue weighted by molar-refractivity contribution is 7.09. The molecule has 0 atom stereocenters. The van der Waals surface area contributed by atoms with Gasteiger partial charge in [0.1, 0.15) is 0 Å². The van der Waals surface area contributed by atoms with E-state index >= 15 is 0 Å². The van der Waals surface area contributed by atoms with Gasteiger partial charge in [-0.3, -0.25) is 0 Å². The summed E-state index contributed by atoms with van der Waals surface area (Å²) in [7, 11) is 0. The van der Waals surface area contributed by atoms with Gasteiger partial charge in [-0.05, 0) is 42.8 Å². The first-order valence-electron chi connectivity index (χ1n) is 5.12. The highest BCUT2D eigenvalue weighted by Crippen LogP contribution is 2.07. The lowest BCUT2D eigenvalue weighted by Crippen LogP contribution is -1.67. The van der Waals surface area contributed by atoms with E-state index in [2.05, 4.69) is 36.6 Å². The van der Waals surface area contributed by atoms with Gasteiger partial charge in [0.15, 0.2) is 0 Å². The molecule has 0 bridgehead atoms. The van der Waals surface area contributed by atoms with Crippen LogP contribution in [0.1, 0.15) is 22.9 Å². The molecule has 15 heavy (non-hydrogen) atoms. The Balaban J connectivity index is 0.000000151. The van der Waals surface area contributed by atoms with Crippen molar-refractivity contribution in [1.29, 1.82) is 0 Å². The Morgan fingerprint density at radius 3 is 1.93 bits per heavy atom. The van der Waals surface area contributed by atoms with Crippen LogP contribution in [0.25, 0.3) is 0 Å². The predicted molar refractivity (Wildman–Crippen MR) is 67.3 cm³/mol. The van der Waals surface area contributed by atoms with E-state index in [0.717, 1.165) is 11.1 Å². The van der Waals surface area contributed by atoms with E-state index in [0.29, 0.717) is 0 Å². The molecule has 0 unspecified atom stereocenters. The fraction of sp³-hybridized carbons (Fsp3) is 0.286. The van der Waals surface area contributed by atoms with Crippen molar-refractivity contribution >= 4 is 11.3 Å². The summed E-state index contributed by atoms with van der Waals surface area (Å²) in [5.41, 5.74) is 2.30. The van der Waals surface area contributed by atoms with Gasteiger partial charge in [0.2, 0.25) is 0 Å². The highest BCUT2D eigenvalue weighted by atomic mass is 32.1. The molecule has 1 aromatic carbocycles. The van der Waals surface area contributed by atoms with Crippen molar-refractivity contribution in [3.8, 4) is 0 Å². The van der Waals surface area contributed by atoms with E-state index in [1.54, 1.807) is 0 Å². The van der Waals surface area contributed by atoms with Gasteiger partial charge in [0, 0.05) is 4.88 Å². The Hall–Kier alpha value is -1.26. The Bertz CT molecular complexity index is 336. The third-order valence-electron chi connectivity index (χ3n) is 1.97. The van der Waals surface area contributed by atoms with Gasteiger partial charge in [-0.15, -0.1) is 11.3 Å². The van der Waals surface area contributed by atoms with Crippen molar-refractivity contribution in [3.63, 3.8) is 0 Å². The minimum Gasteiger partial charge on any atom is -0.149 e. The first-order valence-corrected chi connectivity index (χ1v) is 6.00. The zero-order valence-corrected chi connectivity index (χ0v) is 10.3. The summed E-state index contributed by atoms with van der Waals surface area (Å²) in [5, 5.41) is 2.11. The Labute approximate surface area is 96.6 Å². The first kappa shape index (κ1) is 11.8. The van der Waals surface area contributed by atoms with Crippen LogP contribution in [-0.4, -0.2) is 0 Å². The molecule has 0 saturated carbocycles. The Morgan fingerprint density at radius 2 is 1.67 bits per heavy atom. The number of hydrogen-bond donors (Lipinski definition) is 0. The summed E-state index contributed by atoms with van der Waals surface area (Å²) in [6.45, 7) is 6.19. The molecule has 0 fully saturated rings. The zero-order chi connectivity index (χ0) is 11.1. The van der Waals surface area contributed by atoms with Gasteiger partial charge in [0.25, 0.3) is 0 Å². The van der Waals surface area contributed by atoms with E-state index in [9.17, 15) is 0 Å². The molecule has 2 aromatic rings. The van der Waals surface area contributed by atoms with Gasteiger partial charge in [-0.1, -0.05) is 37.3 Å². The molecule has 0 aliphatic heterocycles. The third kappa shape index (κ3) is 4.67. The molecule has 1 aromatic heterocycles. The summed E-state index contributed by atoms with van der Waals surface area (Å²) in [6.07, 6.45) is 1.18. The molecule has 0 radical (unpaired) electrons. The molecule has 0 nitrogen and oxygen atoms in total. The topological polar surface area (TPSA) is 0 Å². The molecule has 0 N–H and O–H groups in total. The van der Waals surface area contributed by atoms with Crippen molar-refractivity contribution in [2.75, 3.05) is 0 Å². The second-order valence-corrected chi connectivity index (χ2v) is 4.41. The quantitative estimate of drug-likeness (QED) is 0.669. The maximum atomic E-state index is 2.97. The van der Waals surface area contributed by atoms with E-state index in [4.69, 9.17) is 0 Å². The van der Waals surface area contributed by atoms with Crippen LogP contribution in [0.5, 0.6) is 0 Å². The van der Waals surface area contributed by atoms with Crippen molar-refractivity contribution < 1.29 is 0 Å². The fourth-order valence-electron chi connectivity index (χ4n) is 1.04. The first-order chi connectivity index (χ1) is 7.22. The molecule has 1 heteroatoms. The third-order valence-corrected chi connectivity index (χ3v) is 2.99. The van der Waals surface area contributed by atoms with Crippen LogP contribution in [-0.2, 0) is 6.42 Å². The largest absolute Gasteiger partial charge is 0.149 e. The second-order valence-electron chi connectivity index (χ2n) is 3.38. The number of hydrogen-bond acceptors (Lipinski definition) is 1. The van der Waals surface area contributed by atoms with E-state index in [1.807, 2.05) is 37.3 Å². The minimum absolute atomic E-state index is 1.15. The van der Waals surface area contributed by atoms with Crippen molar-refractivity contribution in [1.82, 2.24) is 0 Å². The minimum atomic E-state index is 1.15. The van der Waals surface area contributed by atoms with E-state index in [1.165, 1.54) is 11.3 Å². The lowest BCUT2D eigenvalue weighted by atomic mass is 10.2. The molecule has 2 rings (SSSR count). The summed E-state index contributed by atoms with van der Waals surface area (Å²) in [6, 6.07) is 14.3. The maximum Gasteiger partial charge on any atom is 0.00424 e. The van der Waals surface area contributed by atoms with Crippen molar-refractivity contribution in [3.05, 3.63) is 57.8 Å². The van der Waals surface area contributed by atoms with Gasteiger partial charge in [-0.25, -0.2) is 0 Å². The molecular formula is C14H16S. The van der Waals surface area contributed by atoms with Gasteiger partial charge < -0.3 is 0 Å². The maximum absolute atomic E-state index is 2.97. The summed E-state index contributed by atoms with van der Waals surface area (Å²) in [5.74, 6) is 0. The van der Waals surface area contributed by atoms with E-state index < -0.39 is 0 Å². The normalized spacial score (nSPS) is 8.73. The predicted octanol–water partition coefficient (Wildman–Crippen LogP) is 4.21. The van der Waals surface area contributed by atoms with Gasteiger partial charge in [-0.2, -0.15) is 0 Å². The highest BCUT2D eigenvalue weighted by Gasteiger charge is 1.82. The Morgan fingerprint density at radius 1 is 1.07 bits per heavy atom. The second kappa shape index (κ2) is 6.27. The average Bonchev–Trinajstić information content (AvgIpc) is 2.76. The molecule has 78 valence electrons. The van der Waals surface area contributed by atoms with Crippen LogP contribution in [0.3, 0.4) is 0 Å². The summed E-state index contributed by atoms with van der Waals surface area (Å²) >= 11 is 1.82. The van der Waals surface area contributed by atoms with Crippen LogP contribution in [0.4, 0.5) is 0 Å².